The summed E-state index contributed by atoms with van der Waals surface area (Å²) in [6, 6.07) is 13.4. The average Bonchev–Trinajstić information content (AvgIpc) is 2.71. The number of nitrogens with one attached hydrogen (secondary N) is 1. The van der Waals surface area contributed by atoms with Crippen molar-refractivity contribution in [1.29, 1.82) is 0 Å². The number of aliphatic imine (C=N–C) groups is 1. The van der Waals surface area contributed by atoms with Gasteiger partial charge in [0, 0.05) is 18.7 Å². The van der Waals surface area contributed by atoms with Crippen LogP contribution in [0.25, 0.3) is 0 Å². The topological polar surface area (TPSA) is 103 Å². The third-order valence-electron chi connectivity index (χ3n) is 3.88. The maximum Gasteiger partial charge on any atom is 0.430 e. The molecule has 0 heterocycles. The van der Waals surface area contributed by atoms with Crippen LogP contribution in [0.2, 0.25) is 0 Å². The van der Waals surface area contributed by atoms with E-state index in [9.17, 15) is 18.0 Å². The first-order valence-electron chi connectivity index (χ1n) is 8.56. The molecule has 0 radical (unpaired) electrons. The largest absolute Gasteiger partial charge is 0.496 e. The number of hydrogen-bond donors (Lipinski definition) is 3. The second kappa shape index (κ2) is 9.74. The van der Waals surface area contributed by atoms with Gasteiger partial charge in [0.25, 0.3) is 5.91 Å². The van der Waals surface area contributed by atoms with E-state index in [1.807, 2.05) is 0 Å². The highest BCUT2D eigenvalue weighted by Gasteiger charge is 2.32. The smallest absolute Gasteiger partial charge is 0.430 e. The van der Waals surface area contributed by atoms with Gasteiger partial charge in [-0.1, -0.05) is 30.3 Å². The number of alkyl halides is 3. The molecule has 2 aromatic carbocycles. The molecule has 0 aliphatic rings. The number of ether oxygens (including phenoxy) is 1. The number of carbonyl (C=O) groups is 1. The normalized spacial score (nSPS) is 12.6. The van der Waals surface area contributed by atoms with E-state index in [0.717, 1.165) is 0 Å². The number of amides is 1. The highest BCUT2D eigenvalue weighted by Crippen LogP contribution is 2.22. The second-order valence-corrected chi connectivity index (χ2v) is 5.96. The third kappa shape index (κ3) is 6.35. The number of methoxy groups -OCH3 is 1. The van der Waals surface area contributed by atoms with Crippen LogP contribution in [0.4, 0.5) is 18.9 Å². The second-order valence-electron chi connectivity index (χ2n) is 5.96. The van der Waals surface area contributed by atoms with Gasteiger partial charge in [0.15, 0.2) is 0 Å². The first kappa shape index (κ1) is 22.0. The van der Waals surface area contributed by atoms with Crippen LogP contribution in [0.3, 0.4) is 0 Å². The first-order valence-corrected chi connectivity index (χ1v) is 8.56. The van der Waals surface area contributed by atoms with Gasteiger partial charge in [-0.2, -0.15) is 13.2 Å². The zero-order valence-electron chi connectivity index (χ0n) is 15.7. The quantitative estimate of drug-likeness (QED) is 0.615. The van der Waals surface area contributed by atoms with Gasteiger partial charge in [0.1, 0.15) is 17.2 Å². The molecule has 0 spiro atoms. The number of nitrogens with zero attached hydrogens (tertiary/aromatic N) is 1. The van der Waals surface area contributed by atoms with Crippen molar-refractivity contribution in [2.24, 2.45) is 16.5 Å². The summed E-state index contributed by atoms with van der Waals surface area (Å²) in [7, 11) is 1.48. The van der Waals surface area contributed by atoms with Gasteiger partial charge >= 0.3 is 6.18 Å². The molecule has 0 aliphatic carbocycles. The van der Waals surface area contributed by atoms with E-state index in [4.69, 9.17) is 16.2 Å². The Labute approximate surface area is 166 Å². The zero-order chi connectivity index (χ0) is 21.4. The van der Waals surface area contributed by atoms with E-state index in [-0.39, 0.29) is 18.8 Å². The highest BCUT2D eigenvalue weighted by atomic mass is 19.4. The Morgan fingerprint density at radius 1 is 1.21 bits per heavy atom. The number of para-hydroxylation sites is 1. The lowest BCUT2D eigenvalue weighted by Gasteiger charge is -2.11. The molecule has 6 nitrogen and oxygen atoms in total. The molecule has 0 atom stereocenters. The Hall–Kier alpha value is -3.33. The number of nitrogens with two attached hydrogens (primary N) is 2. The molecule has 9 heteroatoms. The van der Waals surface area contributed by atoms with E-state index in [1.54, 1.807) is 48.5 Å². The molecule has 0 aromatic heterocycles. The van der Waals surface area contributed by atoms with Gasteiger partial charge in [-0.05, 0) is 29.8 Å². The Kier molecular flexibility index (Phi) is 7.38. The lowest BCUT2D eigenvalue weighted by Crippen LogP contribution is -2.31. The molecule has 0 saturated carbocycles. The molecule has 154 valence electrons. The van der Waals surface area contributed by atoms with Gasteiger partial charge in [-0.15, -0.1) is 0 Å². The first-order chi connectivity index (χ1) is 13.7. The Morgan fingerprint density at radius 2 is 1.93 bits per heavy atom. The fraction of sp³-hybridized carbons (Fsp3) is 0.200. The van der Waals surface area contributed by atoms with Crippen molar-refractivity contribution in [3.8, 4) is 5.75 Å². The van der Waals surface area contributed by atoms with Crippen molar-refractivity contribution in [3.63, 3.8) is 0 Å². The van der Waals surface area contributed by atoms with E-state index < -0.39 is 23.5 Å². The molecular weight excluding hydrogens is 385 g/mol. The summed E-state index contributed by atoms with van der Waals surface area (Å²) in [5.74, 6) is -0.284. The van der Waals surface area contributed by atoms with Gasteiger partial charge in [0.05, 0.1) is 12.8 Å². The SMILES string of the molecule is COc1ccccc1CNC(=O)C(/C=C(\N)C(F)(F)F)=Nc1cccc(CN)c1. The summed E-state index contributed by atoms with van der Waals surface area (Å²) in [6.07, 6.45) is -4.28. The predicted molar refractivity (Wildman–Crippen MR) is 105 cm³/mol. The predicted octanol–water partition coefficient (Wildman–Crippen LogP) is 2.95. The van der Waals surface area contributed by atoms with Gasteiger partial charge < -0.3 is 21.5 Å². The zero-order valence-corrected chi connectivity index (χ0v) is 15.7. The molecule has 0 saturated heterocycles. The highest BCUT2D eigenvalue weighted by molar-refractivity contribution is 6.44. The summed E-state index contributed by atoms with van der Waals surface area (Å²) in [4.78, 5) is 16.6. The van der Waals surface area contributed by atoms with Crippen LogP contribution in [-0.2, 0) is 17.9 Å². The number of halogens is 3. The summed E-state index contributed by atoms with van der Waals surface area (Å²) in [6.45, 7) is 0.254. The minimum atomic E-state index is -4.79. The maximum atomic E-state index is 12.9. The minimum absolute atomic E-state index is 0.0322. The lowest BCUT2D eigenvalue weighted by atomic mass is 10.2. The van der Waals surface area contributed by atoms with Crippen LogP contribution in [0.5, 0.6) is 5.75 Å². The maximum absolute atomic E-state index is 12.9. The van der Waals surface area contributed by atoms with Crippen LogP contribution in [-0.4, -0.2) is 24.9 Å². The van der Waals surface area contributed by atoms with E-state index >= 15 is 0 Å². The molecule has 1 amide bonds. The number of carbonyl (C=O) groups excluding carboxylic acids is 1. The van der Waals surface area contributed by atoms with Crippen molar-refractivity contribution in [1.82, 2.24) is 5.32 Å². The van der Waals surface area contributed by atoms with E-state index in [1.165, 1.54) is 7.11 Å². The van der Waals surface area contributed by atoms with Crippen LogP contribution in [0.15, 0.2) is 65.3 Å². The standard InChI is InChI=1S/C20H21F3N4O2/c1-29-17-8-3-2-6-14(17)12-26-19(28)16(10-18(25)20(21,22)23)27-15-7-4-5-13(9-15)11-24/h2-10H,11-12,24-25H2,1H3,(H,26,28)/b18-10-,27-16?. The van der Waals surface area contributed by atoms with Crippen molar-refractivity contribution >= 4 is 17.3 Å². The number of benzene rings is 2. The summed E-state index contributed by atoms with van der Waals surface area (Å²) < 4.78 is 43.8. The molecule has 0 aliphatic heterocycles. The van der Waals surface area contributed by atoms with Gasteiger partial charge in [0.2, 0.25) is 0 Å². The molecule has 0 bridgehead atoms. The third-order valence-corrected chi connectivity index (χ3v) is 3.88. The van der Waals surface area contributed by atoms with Gasteiger partial charge in [-0.25, -0.2) is 4.99 Å². The molecular formula is C20H21F3N4O2. The van der Waals surface area contributed by atoms with E-state index in [0.29, 0.717) is 23.0 Å². The number of allylic oxidation sites excluding steroid dienone is 1. The average molecular weight is 406 g/mol. The van der Waals surface area contributed by atoms with Crippen molar-refractivity contribution in [3.05, 3.63) is 71.4 Å². The monoisotopic (exact) mass is 406 g/mol. The van der Waals surface area contributed by atoms with E-state index in [2.05, 4.69) is 10.3 Å². The molecule has 2 aromatic rings. The van der Waals surface area contributed by atoms with Gasteiger partial charge in [-0.3, -0.25) is 4.79 Å². The number of hydrogen-bond acceptors (Lipinski definition) is 5. The van der Waals surface area contributed by atoms with Crippen molar-refractivity contribution in [2.45, 2.75) is 19.3 Å². The summed E-state index contributed by atoms with van der Waals surface area (Å²) in [5.41, 5.74) is 10.4. The van der Waals surface area contributed by atoms with Crippen molar-refractivity contribution in [2.75, 3.05) is 7.11 Å². The molecule has 0 unspecified atom stereocenters. The molecule has 2 rings (SSSR count). The van der Waals surface area contributed by atoms with Crippen LogP contribution < -0.4 is 21.5 Å². The Balaban J connectivity index is 2.33. The summed E-state index contributed by atoms with van der Waals surface area (Å²) >= 11 is 0. The lowest BCUT2D eigenvalue weighted by molar-refractivity contribution is -0.114. The molecule has 0 fully saturated rings. The van der Waals surface area contributed by atoms with Crippen LogP contribution in [0, 0.1) is 0 Å². The van der Waals surface area contributed by atoms with Crippen molar-refractivity contribution < 1.29 is 22.7 Å². The summed E-state index contributed by atoms with van der Waals surface area (Å²) in [5, 5.41) is 2.54. The minimum Gasteiger partial charge on any atom is -0.496 e. The van der Waals surface area contributed by atoms with Crippen LogP contribution >= 0.6 is 0 Å². The fourth-order valence-electron chi connectivity index (χ4n) is 2.38. The fourth-order valence-corrected chi connectivity index (χ4v) is 2.38. The van der Waals surface area contributed by atoms with Crippen LogP contribution in [0.1, 0.15) is 11.1 Å². The molecule has 5 N–H and O–H groups in total. The number of rotatable bonds is 7. The Bertz CT molecular complexity index is 924. The molecule has 29 heavy (non-hydrogen) atoms. The Morgan fingerprint density at radius 3 is 2.59 bits per heavy atom.